The second-order valence-electron chi connectivity index (χ2n) is 10.2. The minimum Gasteiger partial charge on any atom is -0.478 e. The Morgan fingerprint density at radius 2 is 1.90 bits per heavy atom. The molecule has 2 heterocycles. The Morgan fingerprint density at radius 1 is 1.10 bits per heavy atom. The van der Waals surface area contributed by atoms with E-state index in [9.17, 15) is 9.59 Å². The second-order valence-corrected chi connectivity index (χ2v) is 11.1. The van der Waals surface area contributed by atoms with Crippen molar-refractivity contribution < 1.29 is 18.7 Å². The fourth-order valence-electron chi connectivity index (χ4n) is 5.23. The van der Waals surface area contributed by atoms with E-state index in [0.717, 1.165) is 12.8 Å². The van der Waals surface area contributed by atoms with Gasteiger partial charge in [0.1, 0.15) is 5.82 Å². The summed E-state index contributed by atoms with van der Waals surface area (Å²) in [6.45, 7) is 8.03. The van der Waals surface area contributed by atoms with E-state index in [0.29, 0.717) is 71.9 Å². The maximum absolute atomic E-state index is 16.4. The molecule has 0 radical (unpaired) electrons. The number of pyridine rings is 1. The van der Waals surface area contributed by atoms with Gasteiger partial charge in [-0.05, 0) is 61.7 Å². The molecule has 1 saturated heterocycles. The lowest BCUT2D eigenvalue weighted by Crippen LogP contribution is -2.55. The molecule has 4 rings (SSSR count). The van der Waals surface area contributed by atoms with Gasteiger partial charge < -0.3 is 19.9 Å². The highest BCUT2D eigenvalue weighted by Gasteiger charge is 2.33. The van der Waals surface area contributed by atoms with Gasteiger partial charge in [-0.1, -0.05) is 49.5 Å². The molecule has 2 amide bonds. The van der Waals surface area contributed by atoms with Crippen LogP contribution in [0.3, 0.4) is 0 Å². The highest BCUT2D eigenvalue weighted by molar-refractivity contribution is 6.35. The lowest BCUT2D eigenvalue weighted by Gasteiger charge is -2.43. The summed E-state index contributed by atoms with van der Waals surface area (Å²) in [5.74, 6) is -0.827. The van der Waals surface area contributed by atoms with Crippen LogP contribution >= 0.6 is 23.2 Å². The maximum Gasteiger partial charge on any atom is 0.256 e. The molecule has 0 spiro atoms. The number of carbonyl (C=O) groups is 2. The molecular weight excluding hydrogens is 578 g/mol. The van der Waals surface area contributed by atoms with Crippen LogP contribution in [0.25, 0.3) is 11.1 Å². The Kier molecular flexibility index (Phi) is 11.0. The van der Waals surface area contributed by atoms with Crippen molar-refractivity contribution in [2.45, 2.75) is 52.5 Å². The third kappa shape index (κ3) is 7.16. The minimum atomic E-state index is -0.624. The Morgan fingerprint density at radius 3 is 2.62 bits per heavy atom. The molecule has 1 atom stereocenters. The lowest BCUT2D eigenvalue weighted by atomic mass is 9.98. The van der Waals surface area contributed by atoms with E-state index >= 15 is 4.39 Å². The van der Waals surface area contributed by atoms with Crippen LogP contribution in [-0.4, -0.2) is 60.5 Å². The highest BCUT2D eigenvalue weighted by atomic mass is 35.5. The van der Waals surface area contributed by atoms with Gasteiger partial charge in [0.25, 0.3) is 5.91 Å². The Balaban J connectivity index is 1.65. The molecule has 2 aromatic carbocycles. The molecule has 0 bridgehead atoms. The Bertz CT molecular complexity index is 1420. The number of hydrogen-bond donors (Lipinski definition) is 1. The van der Waals surface area contributed by atoms with Crippen molar-refractivity contribution in [2.75, 3.05) is 37.7 Å². The van der Waals surface area contributed by atoms with E-state index in [-0.39, 0.29) is 29.5 Å². The quantitative estimate of drug-likeness (QED) is 0.241. The Hall–Kier alpha value is -3.36. The number of nitrogens with one attached hydrogen (secondary N) is 1. The van der Waals surface area contributed by atoms with E-state index in [1.165, 1.54) is 0 Å². The monoisotopic (exact) mass is 614 g/mol. The topological polar surface area (TPSA) is 74.8 Å². The number of aromatic nitrogens is 1. The highest BCUT2D eigenvalue weighted by Crippen LogP contribution is 2.37. The van der Waals surface area contributed by atoms with Crippen LogP contribution in [0, 0.1) is 5.82 Å². The average Bonchev–Trinajstić information content (AvgIpc) is 2.98. The number of hydrogen-bond acceptors (Lipinski definition) is 5. The number of halogens is 3. The molecule has 1 N–H and O–H groups in total. The van der Waals surface area contributed by atoms with Crippen LogP contribution in [0.4, 0.5) is 10.1 Å². The van der Waals surface area contributed by atoms with E-state index in [2.05, 4.69) is 10.3 Å². The Labute approximate surface area is 257 Å². The maximum atomic E-state index is 16.4. The molecule has 7 nitrogen and oxygen atoms in total. The SMILES string of the molecule is CCCCNC(=O)c1c(N2CCN(C(=O)Cc3ccc(Cl)cc3Cl)C[C@H]2CC)ccc(-c2cccnc2OCC)c1F. The third-order valence-corrected chi connectivity index (χ3v) is 8.07. The van der Waals surface area contributed by atoms with Crippen molar-refractivity contribution in [3.05, 3.63) is 75.7 Å². The van der Waals surface area contributed by atoms with Gasteiger partial charge in [-0.3, -0.25) is 9.59 Å². The van der Waals surface area contributed by atoms with Crippen molar-refractivity contribution in [1.82, 2.24) is 15.2 Å². The summed E-state index contributed by atoms with van der Waals surface area (Å²) in [6, 6.07) is 11.9. The lowest BCUT2D eigenvalue weighted by molar-refractivity contribution is -0.131. The number of amides is 2. The first-order chi connectivity index (χ1) is 20.3. The first-order valence-corrected chi connectivity index (χ1v) is 15.2. The van der Waals surface area contributed by atoms with Crippen molar-refractivity contribution >= 4 is 40.7 Å². The van der Waals surface area contributed by atoms with Crippen molar-refractivity contribution in [1.29, 1.82) is 0 Å². The first-order valence-electron chi connectivity index (χ1n) is 14.5. The van der Waals surface area contributed by atoms with Crippen LogP contribution < -0.4 is 15.0 Å². The molecule has 1 aliphatic heterocycles. The van der Waals surface area contributed by atoms with E-state index in [1.54, 1.807) is 48.7 Å². The summed E-state index contributed by atoms with van der Waals surface area (Å²) in [5.41, 5.74) is 1.94. The van der Waals surface area contributed by atoms with Gasteiger partial charge in [-0.25, -0.2) is 9.37 Å². The summed E-state index contributed by atoms with van der Waals surface area (Å²) in [6.07, 6.45) is 4.14. The number of benzene rings is 2. The van der Waals surface area contributed by atoms with Crippen LogP contribution in [0.1, 0.15) is 56.0 Å². The number of piperazine rings is 1. The number of anilines is 1. The van der Waals surface area contributed by atoms with Crippen LogP contribution in [0.5, 0.6) is 5.88 Å². The molecule has 1 fully saturated rings. The summed E-state index contributed by atoms with van der Waals surface area (Å²) >= 11 is 12.3. The number of rotatable bonds is 11. The first kappa shape index (κ1) is 31.6. The van der Waals surface area contributed by atoms with Crippen LogP contribution in [-0.2, 0) is 11.2 Å². The van der Waals surface area contributed by atoms with E-state index in [1.807, 2.05) is 30.6 Å². The van der Waals surface area contributed by atoms with Crippen LogP contribution in [0.15, 0.2) is 48.7 Å². The van der Waals surface area contributed by atoms with Gasteiger partial charge >= 0.3 is 0 Å². The van der Waals surface area contributed by atoms with Gasteiger partial charge in [0.15, 0.2) is 0 Å². The number of unbranched alkanes of at least 4 members (excludes halogenated alkanes) is 1. The van der Waals surface area contributed by atoms with Gasteiger partial charge in [0.2, 0.25) is 11.8 Å². The zero-order chi connectivity index (χ0) is 30.2. The molecule has 224 valence electrons. The molecular formula is C32H37Cl2FN4O3. The molecule has 0 unspecified atom stereocenters. The summed E-state index contributed by atoms with van der Waals surface area (Å²) in [7, 11) is 0. The zero-order valence-corrected chi connectivity index (χ0v) is 25.8. The van der Waals surface area contributed by atoms with Crippen molar-refractivity contribution in [2.24, 2.45) is 0 Å². The van der Waals surface area contributed by atoms with Crippen molar-refractivity contribution in [3.8, 4) is 17.0 Å². The normalized spacial score (nSPS) is 15.0. The smallest absolute Gasteiger partial charge is 0.256 e. The van der Waals surface area contributed by atoms with Gasteiger partial charge in [-0.15, -0.1) is 0 Å². The van der Waals surface area contributed by atoms with Crippen LogP contribution in [0.2, 0.25) is 10.0 Å². The molecule has 1 aliphatic rings. The standard InChI is InChI=1S/C32H37Cl2FN4O3/c1-4-7-14-36-31(41)29-27(13-12-24(30(29)35)25-9-8-15-37-32(25)42-6-3)39-17-16-38(20-23(39)5-2)28(40)18-21-10-11-22(33)19-26(21)34/h8-13,15,19,23H,4-7,14,16-18,20H2,1-3H3,(H,36,41)/t23-/m1/s1. The number of carbonyl (C=O) groups excluding carboxylic acids is 2. The molecule has 0 aliphatic carbocycles. The largest absolute Gasteiger partial charge is 0.478 e. The average molecular weight is 616 g/mol. The van der Waals surface area contributed by atoms with Gasteiger partial charge in [0.05, 0.1) is 24.3 Å². The molecule has 3 aromatic rings. The fraction of sp³-hybridized carbons (Fsp3) is 0.406. The summed E-state index contributed by atoms with van der Waals surface area (Å²) < 4.78 is 22.1. The van der Waals surface area contributed by atoms with Gasteiger partial charge in [0, 0.05) is 59.6 Å². The molecule has 0 saturated carbocycles. The number of ether oxygens (including phenoxy) is 1. The molecule has 42 heavy (non-hydrogen) atoms. The summed E-state index contributed by atoms with van der Waals surface area (Å²) in [4.78, 5) is 34.9. The minimum absolute atomic E-state index is 0.0129. The van der Waals surface area contributed by atoms with E-state index in [4.69, 9.17) is 27.9 Å². The fourth-order valence-corrected chi connectivity index (χ4v) is 5.71. The molecule has 10 heteroatoms. The second kappa shape index (κ2) is 14.7. The summed E-state index contributed by atoms with van der Waals surface area (Å²) in [5, 5.41) is 3.87. The number of nitrogens with zero attached hydrogens (tertiary/aromatic N) is 3. The third-order valence-electron chi connectivity index (χ3n) is 7.48. The zero-order valence-electron chi connectivity index (χ0n) is 24.3. The van der Waals surface area contributed by atoms with Gasteiger partial charge in [-0.2, -0.15) is 0 Å². The molecule has 1 aromatic heterocycles. The predicted octanol–water partition coefficient (Wildman–Crippen LogP) is 6.79. The predicted molar refractivity (Wildman–Crippen MR) is 166 cm³/mol. The van der Waals surface area contributed by atoms with E-state index < -0.39 is 11.7 Å². The van der Waals surface area contributed by atoms with Crippen molar-refractivity contribution in [3.63, 3.8) is 0 Å².